The van der Waals surface area contributed by atoms with Gasteiger partial charge in [-0.1, -0.05) is 84.9 Å². The monoisotopic (exact) mass is 703 g/mol. The Labute approximate surface area is 309 Å². The predicted molar refractivity (Wildman–Crippen MR) is 207 cm³/mol. The van der Waals surface area contributed by atoms with Crippen molar-refractivity contribution in [3.63, 3.8) is 0 Å². The first-order valence-corrected chi connectivity index (χ1v) is 18.1. The van der Waals surface area contributed by atoms with E-state index in [0.29, 0.717) is 29.4 Å². The summed E-state index contributed by atoms with van der Waals surface area (Å²) in [4.78, 5) is 44.8. The first kappa shape index (κ1) is 34.0. The highest BCUT2D eigenvalue weighted by molar-refractivity contribution is 6.39. The number of rotatable bonds is 8. The maximum absolute atomic E-state index is 14.3. The van der Waals surface area contributed by atoms with Crippen LogP contribution < -0.4 is 24.6 Å². The highest BCUT2D eigenvalue weighted by Crippen LogP contribution is 2.50. The summed E-state index contributed by atoms with van der Waals surface area (Å²) in [5.41, 5.74) is 10.0. The summed E-state index contributed by atoms with van der Waals surface area (Å²) in [5, 5.41) is 2.43. The molecular formula is C45H41N3O5. The third-order valence-corrected chi connectivity index (χ3v) is 10.8. The van der Waals surface area contributed by atoms with E-state index in [2.05, 4.69) is 60.5 Å². The van der Waals surface area contributed by atoms with Gasteiger partial charge in [0.1, 0.15) is 12.2 Å². The molecule has 0 spiro atoms. The van der Waals surface area contributed by atoms with Crippen molar-refractivity contribution in [2.24, 2.45) is 0 Å². The van der Waals surface area contributed by atoms with Gasteiger partial charge in [-0.05, 0) is 102 Å². The van der Waals surface area contributed by atoms with Gasteiger partial charge in [0.25, 0.3) is 11.8 Å². The molecule has 5 aromatic carbocycles. The first-order chi connectivity index (χ1) is 25.8. The van der Waals surface area contributed by atoms with Gasteiger partial charge >= 0.3 is 6.03 Å². The van der Waals surface area contributed by atoms with Gasteiger partial charge in [0, 0.05) is 30.6 Å². The molecule has 0 saturated carbocycles. The lowest BCUT2D eigenvalue weighted by Crippen LogP contribution is -2.54. The van der Waals surface area contributed by atoms with Gasteiger partial charge in [-0.25, -0.2) is 9.69 Å². The van der Waals surface area contributed by atoms with Gasteiger partial charge < -0.3 is 14.4 Å². The van der Waals surface area contributed by atoms with Gasteiger partial charge in [0.2, 0.25) is 0 Å². The number of ether oxygens (including phenoxy) is 2. The Kier molecular flexibility index (Phi) is 9.04. The molecule has 1 saturated heterocycles. The number of hydrogen-bond acceptors (Lipinski definition) is 6. The predicted octanol–water partition coefficient (Wildman–Crippen LogP) is 8.44. The maximum atomic E-state index is 14.3. The van der Waals surface area contributed by atoms with Crippen LogP contribution in [-0.4, -0.2) is 38.0 Å². The molecule has 2 atom stereocenters. The van der Waals surface area contributed by atoms with Gasteiger partial charge in [0.15, 0.2) is 11.5 Å². The summed E-state index contributed by atoms with van der Waals surface area (Å²) in [7, 11) is 1.54. The number of carbonyl (C=O) groups is 3. The third kappa shape index (κ3) is 6.46. The summed E-state index contributed by atoms with van der Waals surface area (Å²) >= 11 is 0. The van der Waals surface area contributed by atoms with E-state index < -0.39 is 17.8 Å². The van der Waals surface area contributed by atoms with Gasteiger partial charge in [-0.15, -0.1) is 0 Å². The number of anilines is 2. The Bertz CT molecular complexity index is 2190. The maximum Gasteiger partial charge on any atom is 0.335 e. The van der Waals surface area contributed by atoms with Crippen molar-refractivity contribution in [2.45, 2.75) is 45.1 Å². The second-order valence-corrected chi connectivity index (χ2v) is 14.0. The fraction of sp³-hybridized carbons (Fsp3) is 0.222. The molecule has 4 amide bonds. The lowest BCUT2D eigenvalue weighted by Gasteiger charge is -2.44. The summed E-state index contributed by atoms with van der Waals surface area (Å²) in [5.74, 6) is -0.285. The van der Waals surface area contributed by atoms with Crippen LogP contribution in [0.5, 0.6) is 11.5 Å². The van der Waals surface area contributed by atoms with Crippen molar-refractivity contribution >= 4 is 35.3 Å². The average molecular weight is 704 g/mol. The van der Waals surface area contributed by atoms with Crippen LogP contribution in [0.2, 0.25) is 0 Å². The normalized spacial score (nSPS) is 18.8. The third-order valence-electron chi connectivity index (χ3n) is 10.8. The summed E-state index contributed by atoms with van der Waals surface area (Å²) in [6.07, 6.45) is 3.31. The van der Waals surface area contributed by atoms with E-state index in [1.165, 1.54) is 34.0 Å². The van der Waals surface area contributed by atoms with Crippen LogP contribution in [0.1, 0.15) is 69.2 Å². The van der Waals surface area contributed by atoms with Crippen LogP contribution in [0.15, 0.2) is 115 Å². The fourth-order valence-corrected chi connectivity index (χ4v) is 7.97. The number of nitrogens with one attached hydrogen (secondary N) is 1. The second-order valence-electron chi connectivity index (χ2n) is 14.0. The highest BCUT2D eigenvalue weighted by atomic mass is 16.5. The van der Waals surface area contributed by atoms with Crippen molar-refractivity contribution in [3.05, 3.63) is 159 Å². The first-order valence-electron chi connectivity index (χ1n) is 18.1. The van der Waals surface area contributed by atoms with Crippen LogP contribution in [-0.2, 0) is 16.2 Å². The van der Waals surface area contributed by atoms with Crippen LogP contribution in [0.25, 0.3) is 6.08 Å². The summed E-state index contributed by atoms with van der Waals surface area (Å²) in [6.45, 7) is 6.33. The molecule has 0 aromatic heterocycles. The Morgan fingerprint density at radius 2 is 1.38 bits per heavy atom. The Morgan fingerprint density at radius 3 is 1.98 bits per heavy atom. The summed E-state index contributed by atoms with van der Waals surface area (Å²) < 4.78 is 11.7. The molecule has 8 nitrogen and oxygen atoms in total. The van der Waals surface area contributed by atoms with Gasteiger partial charge in [-0.2, -0.15) is 0 Å². The largest absolute Gasteiger partial charge is 0.493 e. The molecule has 53 heavy (non-hydrogen) atoms. The number of methoxy groups -OCH3 is 1. The molecule has 0 radical (unpaired) electrons. The molecule has 5 aromatic rings. The van der Waals surface area contributed by atoms with E-state index >= 15 is 0 Å². The molecule has 3 aliphatic rings. The van der Waals surface area contributed by atoms with Crippen LogP contribution in [0.4, 0.5) is 16.2 Å². The number of barbiturate groups is 1. The van der Waals surface area contributed by atoms with Crippen LogP contribution in [0.3, 0.4) is 0 Å². The van der Waals surface area contributed by atoms with Gasteiger partial charge in [-0.3, -0.25) is 14.9 Å². The molecule has 3 heterocycles. The Morgan fingerprint density at radius 1 is 0.736 bits per heavy atom. The molecule has 0 bridgehead atoms. The number of amides is 4. The second kappa shape index (κ2) is 14.1. The standard InChI is InChI=1S/C45H41N3O5/c1-28-14-15-31(22-29(28)2)27-53-40-17-16-30(24-41(40)52-3)23-39-43(49)46-45(51)48(44(39)50)34-25-37-35(32-10-6-4-7-11-32)18-20-47-21-19-36(38(26-34)42(37)47)33-12-8-5-9-13-33/h4-17,22-26,35-36H,18-21,27H2,1-3H3,(H,46,49,51)/b39-23+/t35-,36-/m0/s1. The minimum absolute atomic E-state index is 0.0819. The van der Waals surface area contributed by atoms with E-state index in [0.717, 1.165) is 47.5 Å². The Balaban J connectivity index is 1.16. The molecule has 1 N–H and O–H groups in total. The van der Waals surface area contributed by atoms with Crippen molar-refractivity contribution in [1.82, 2.24) is 5.32 Å². The van der Waals surface area contributed by atoms with E-state index in [4.69, 9.17) is 9.47 Å². The zero-order valence-electron chi connectivity index (χ0n) is 30.1. The number of imide groups is 2. The van der Waals surface area contributed by atoms with Crippen molar-refractivity contribution in [3.8, 4) is 11.5 Å². The molecule has 3 aliphatic heterocycles. The molecular weight excluding hydrogens is 663 g/mol. The quantitative estimate of drug-likeness (QED) is 0.129. The topological polar surface area (TPSA) is 88.2 Å². The van der Waals surface area contributed by atoms with Crippen molar-refractivity contribution in [1.29, 1.82) is 0 Å². The minimum atomic E-state index is -0.770. The highest BCUT2D eigenvalue weighted by Gasteiger charge is 2.40. The number of aryl methyl sites for hydroxylation is 2. The van der Waals surface area contributed by atoms with Crippen LogP contribution >= 0.6 is 0 Å². The van der Waals surface area contributed by atoms with Gasteiger partial charge in [0.05, 0.1) is 12.8 Å². The molecule has 0 unspecified atom stereocenters. The van der Waals surface area contributed by atoms with E-state index in [-0.39, 0.29) is 17.4 Å². The Hall–Kier alpha value is -6.15. The zero-order chi connectivity index (χ0) is 36.6. The molecule has 8 rings (SSSR count). The number of carbonyl (C=O) groups excluding carboxylic acids is 3. The number of urea groups is 1. The smallest absolute Gasteiger partial charge is 0.335 e. The van der Waals surface area contributed by atoms with Crippen molar-refractivity contribution < 1.29 is 23.9 Å². The molecule has 8 heteroatoms. The summed E-state index contributed by atoms with van der Waals surface area (Å²) in [6, 6.07) is 35.4. The SMILES string of the molecule is COc1cc(/C=C2\C(=O)NC(=O)N(c3cc4c5c(c3)[C@H](c3ccccc3)CCN5CC[C@H]4c3ccccc3)C2=O)ccc1OCc1ccc(C)c(C)c1. The minimum Gasteiger partial charge on any atom is -0.493 e. The lowest BCUT2D eigenvalue weighted by atomic mass is 9.76. The number of nitrogens with zero attached hydrogens (tertiary/aromatic N) is 2. The van der Waals surface area contributed by atoms with E-state index in [9.17, 15) is 14.4 Å². The fourth-order valence-electron chi connectivity index (χ4n) is 7.97. The van der Waals surface area contributed by atoms with Crippen molar-refractivity contribution in [2.75, 3.05) is 30.0 Å². The molecule has 1 fully saturated rings. The molecule has 266 valence electrons. The van der Waals surface area contributed by atoms with E-state index in [1.54, 1.807) is 25.3 Å². The lowest BCUT2D eigenvalue weighted by molar-refractivity contribution is -0.122. The van der Waals surface area contributed by atoms with Crippen LogP contribution in [0, 0.1) is 13.8 Å². The van der Waals surface area contributed by atoms with E-state index in [1.807, 2.05) is 54.6 Å². The number of benzene rings is 5. The number of hydrogen-bond donors (Lipinski definition) is 1. The molecule has 0 aliphatic carbocycles. The average Bonchev–Trinajstić information content (AvgIpc) is 3.18. The zero-order valence-corrected chi connectivity index (χ0v) is 30.1.